The molecule has 0 saturated heterocycles. The second-order valence-electron chi connectivity index (χ2n) is 3.86. The van der Waals surface area contributed by atoms with Crippen molar-refractivity contribution in [3.8, 4) is 0 Å². The van der Waals surface area contributed by atoms with Gasteiger partial charge in [-0.3, -0.25) is 0 Å². The van der Waals surface area contributed by atoms with Crippen LogP contribution in [0.4, 0.5) is 8.78 Å². The molecule has 96 valence electrons. The first-order valence-corrected chi connectivity index (χ1v) is 7.08. The molecule has 1 nitrogen and oxygen atoms in total. The first kappa shape index (κ1) is 13.6. The summed E-state index contributed by atoms with van der Waals surface area (Å²) in [6, 6.07) is 10.5. The minimum atomic E-state index is -2.40. The maximum Gasteiger partial charge on any atom is 0.263 e. The monoisotopic (exact) mass is 331 g/mol. The van der Waals surface area contributed by atoms with Crippen LogP contribution in [-0.4, -0.2) is 0 Å². The maximum atomic E-state index is 12.5. The van der Waals surface area contributed by atoms with Crippen LogP contribution in [0.15, 0.2) is 40.2 Å². The van der Waals surface area contributed by atoms with Crippen LogP contribution >= 0.6 is 27.3 Å². The second kappa shape index (κ2) is 6.41. The smallest absolute Gasteiger partial charge is 0.263 e. The largest absolute Gasteiger partial charge is 0.308 e. The van der Waals surface area contributed by atoms with Crippen molar-refractivity contribution in [2.75, 3.05) is 0 Å². The summed E-state index contributed by atoms with van der Waals surface area (Å²) in [6.45, 7) is 1.34. The van der Waals surface area contributed by atoms with Gasteiger partial charge in [0.25, 0.3) is 6.43 Å². The van der Waals surface area contributed by atoms with Gasteiger partial charge >= 0.3 is 0 Å². The summed E-state index contributed by atoms with van der Waals surface area (Å²) in [5, 5.41) is 3.24. The summed E-state index contributed by atoms with van der Waals surface area (Å²) in [7, 11) is 0. The first-order valence-electron chi connectivity index (χ1n) is 5.47. The fourth-order valence-electron chi connectivity index (χ4n) is 1.62. The Morgan fingerprint density at radius 1 is 1.17 bits per heavy atom. The van der Waals surface area contributed by atoms with Crippen molar-refractivity contribution in [3.63, 3.8) is 0 Å². The topological polar surface area (TPSA) is 12.0 Å². The molecule has 2 rings (SSSR count). The van der Waals surface area contributed by atoms with E-state index in [0.29, 0.717) is 6.54 Å². The lowest BCUT2D eigenvalue weighted by atomic mass is 10.1. The highest BCUT2D eigenvalue weighted by Gasteiger charge is 2.06. The highest BCUT2D eigenvalue weighted by Crippen LogP contribution is 2.22. The number of halogens is 3. The molecule has 0 bridgehead atoms. The Morgan fingerprint density at radius 2 is 2.00 bits per heavy atom. The molecule has 0 amide bonds. The van der Waals surface area contributed by atoms with E-state index >= 15 is 0 Å². The fraction of sp³-hybridized carbons (Fsp3) is 0.231. The van der Waals surface area contributed by atoms with Gasteiger partial charge in [0, 0.05) is 23.5 Å². The quantitative estimate of drug-likeness (QED) is 0.834. The van der Waals surface area contributed by atoms with Gasteiger partial charge in [-0.25, -0.2) is 8.78 Å². The van der Waals surface area contributed by atoms with E-state index in [9.17, 15) is 8.78 Å². The van der Waals surface area contributed by atoms with Gasteiger partial charge in [0.05, 0.1) is 3.79 Å². The van der Waals surface area contributed by atoms with E-state index in [1.807, 2.05) is 18.2 Å². The molecule has 1 aromatic carbocycles. The van der Waals surface area contributed by atoms with E-state index < -0.39 is 6.43 Å². The molecule has 0 radical (unpaired) electrons. The van der Waals surface area contributed by atoms with Crippen LogP contribution < -0.4 is 5.32 Å². The van der Waals surface area contributed by atoms with Gasteiger partial charge in [-0.1, -0.05) is 18.2 Å². The highest BCUT2D eigenvalue weighted by atomic mass is 79.9. The zero-order valence-corrected chi connectivity index (χ0v) is 11.9. The van der Waals surface area contributed by atoms with Gasteiger partial charge in [-0.05, 0) is 39.7 Å². The molecule has 0 unspecified atom stereocenters. The number of hydrogen-bond acceptors (Lipinski definition) is 2. The summed E-state index contributed by atoms with van der Waals surface area (Å²) in [5.41, 5.74) is 0.955. The van der Waals surface area contributed by atoms with E-state index in [0.717, 1.165) is 15.9 Å². The third kappa shape index (κ3) is 3.86. The van der Waals surface area contributed by atoms with E-state index in [1.54, 1.807) is 23.5 Å². The number of hydrogen-bond donors (Lipinski definition) is 1. The van der Waals surface area contributed by atoms with Crippen molar-refractivity contribution in [2.45, 2.75) is 19.5 Å². The zero-order chi connectivity index (χ0) is 13.0. The van der Waals surface area contributed by atoms with E-state index in [1.165, 1.54) is 10.9 Å². The van der Waals surface area contributed by atoms with Gasteiger partial charge in [0.1, 0.15) is 0 Å². The van der Waals surface area contributed by atoms with Crippen LogP contribution in [-0.2, 0) is 13.1 Å². The third-order valence-corrected chi connectivity index (χ3v) is 4.08. The molecular weight excluding hydrogens is 320 g/mol. The van der Waals surface area contributed by atoms with Crippen molar-refractivity contribution >= 4 is 27.3 Å². The minimum Gasteiger partial charge on any atom is -0.308 e. The molecule has 2 aromatic rings. The molecule has 0 spiro atoms. The van der Waals surface area contributed by atoms with Crippen LogP contribution in [0.5, 0.6) is 0 Å². The van der Waals surface area contributed by atoms with Crippen molar-refractivity contribution in [1.29, 1.82) is 0 Å². The van der Waals surface area contributed by atoms with Crippen LogP contribution in [0, 0.1) is 0 Å². The normalized spacial score (nSPS) is 11.1. The van der Waals surface area contributed by atoms with Crippen LogP contribution in [0.2, 0.25) is 0 Å². The summed E-state index contributed by atoms with van der Waals surface area (Å²) in [4.78, 5) is 1.21. The van der Waals surface area contributed by atoms with Gasteiger partial charge in [-0.2, -0.15) is 0 Å². The lowest BCUT2D eigenvalue weighted by molar-refractivity contribution is 0.151. The predicted octanol–water partition coefficient (Wildman–Crippen LogP) is 4.74. The maximum absolute atomic E-state index is 12.5. The lowest BCUT2D eigenvalue weighted by Crippen LogP contribution is -2.11. The van der Waals surface area contributed by atoms with Crippen molar-refractivity contribution in [1.82, 2.24) is 5.32 Å². The summed E-state index contributed by atoms with van der Waals surface area (Å²) < 4.78 is 26.1. The summed E-state index contributed by atoms with van der Waals surface area (Å²) >= 11 is 5.07. The number of nitrogens with one attached hydrogen (secondary N) is 1. The second-order valence-corrected chi connectivity index (χ2v) is 6.40. The highest BCUT2D eigenvalue weighted by molar-refractivity contribution is 9.11. The van der Waals surface area contributed by atoms with Crippen molar-refractivity contribution < 1.29 is 8.78 Å². The molecule has 1 N–H and O–H groups in total. The Bertz CT molecular complexity index is 513. The van der Waals surface area contributed by atoms with Crippen molar-refractivity contribution in [3.05, 3.63) is 56.2 Å². The Kier molecular flexibility index (Phi) is 4.86. The molecule has 0 aliphatic heterocycles. The fourth-order valence-corrected chi connectivity index (χ4v) is 3.07. The molecule has 0 aliphatic carbocycles. The molecule has 1 heterocycles. The third-order valence-electron chi connectivity index (χ3n) is 2.46. The van der Waals surface area contributed by atoms with Crippen LogP contribution in [0.1, 0.15) is 22.4 Å². The van der Waals surface area contributed by atoms with Gasteiger partial charge in [0.2, 0.25) is 0 Å². The molecule has 5 heteroatoms. The molecular formula is C13H12BrF2NS. The van der Waals surface area contributed by atoms with Crippen LogP contribution in [0.3, 0.4) is 0 Å². The van der Waals surface area contributed by atoms with E-state index in [4.69, 9.17) is 0 Å². The standard InChI is InChI=1S/C13H12BrF2NS/c14-12-5-4-11(18-12)8-17-7-9-2-1-3-10(6-9)13(15)16/h1-6,13,17H,7-8H2. The molecule has 1 aromatic heterocycles. The number of thiophene rings is 1. The Morgan fingerprint density at radius 3 is 2.67 bits per heavy atom. The first-order chi connectivity index (χ1) is 8.65. The lowest BCUT2D eigenvalue weighted by Gasteiger charge is -2.05. The molecule has 0 saturated carbocycles. The molecule has 0 fully saturated rings. The Labute approximate surface area is 117 Å². The average molecular weight is 332 g/mol. The van der Waals surface area contributed by atoms with Gasteiger partial charge in [0.15, 0.2) is 0 Å². The predicted molar refractivity (Wildman–Crippen MR) is 74.0 cm³/mol. The minimum absolute atomic E-state index is 0.0770. The SMILES string of the molecule is FC(F)c1cccc(CNCc2ccc(Br)s2)c1. The van der Waals surface area contributed by atoms with Gasteiger partial charge < -0.3 is 5.32 Å². The molecule has 0 aliphatic rings. The average Bonchev–Trinajstić information content (AvgIpc) is 2.75. The Balaban J connectivity index is 1.88. The summed E-state index contributed by atoms with van der Waals surface area (Å²) in [5.74, 6) is 0. The zero-order valence-electron chi connectivity index (χ0n) is 9.50. The van der Waals surface area contributed by atoms with Gasteiger partial charge in [-0.15, -0.1) is 11.3 Å². The number of alkyl halides is 2. The van der Waals surface area contributed by atoms with E-state index in [-0.39, 0.29) is 5.56 Å². The van der Waals surface area contributed by atoms with Crippen molar-refractivity contribution in [2.24, 2.45) is 0 Å². The molecule has 18 heavy (non-hydrogen) atoms. The van der Waals surface area contributed by atoms with E-state index in [2.05, 4.69) is 21.2 Å². The Hall–Kier alpha value is -0.780. The summed E-state index contributed by atoms with van der Waals surface area (Å²) in [6.07, 6.45) is -2.40. The molecule has 0 atom stereocenters. The number of benzene rings is 1. The number of rotatable bonds is 5. The van der Waals surface area contributed by atoms with Crippen LogP contribution in [0.25, 0.3) is 0 Å².